The Kier molecular flexibility index (Phi) is 6.13. The zero-order valence-electron chi connectivity index (χ0n) is 12.1. The number of aromatic carboxylic acids is 1. The SMILES string of the molecule is CSCCC(C)N(C)c1nc(C(C)C)c(C(=O)O)s1. The molecule has 0 saturated carbocycles. The maximum atomic E-state index is 11.3. The summed E-state index contributed by atoms with van der Waals surface area (Å²) in [5.74, 6) is 0.350. The first kappa shape index (κ1) is 16.3. The smallest absolute Gasteiger partial charge is 0.347 e. The Morgan fingerprint density at radius 3 is 2.53 bits per heavy atom. The molecule has 4 nitrogen and oxygen atoms in total. The van der Waals surface area contributed by atoms with E-state index in [0.717, 1.165) is 17.3 Å². The lowest BCUT2D eigenvalue weighted by molar-refractivity contribution is 0.0700. The predicted molar refractivity (Wildman–Crippen MR) is 84.0 cm³/mol. The summed E-state index contributed by atoms with van der Waals surface area (Å²) < 4.78 is 0. The molecule has 0 bridgehead atoms. The zero-order valence-corrected chi connectivity index (χ0v) is 13.8. The van der Waals surface area contributed by atoms with Crippen molar-refractivity contribution < 1.29 is 9.90 Å². The molecule has 0 aliphatic heterocycles. The van der Waals surface area contributed by atoms with Crippen molar-refractivity contribution in [2.75, 3.05) is 24.0 Å². The molecule has 0 aromatic carbocycles. The van der Waals surface area contributed by atoms with Crippen molar-refractivity contribution in [2.45, 2.75) is 39.2 Å². The van der Waals surface area contributed by atoms with E-state index in [1.54, 1.807) is 0 Å². The molecule has 1 atom stereocenters. The molecule has 108 valence electrons. The number of carboxylic acid groups (broad SMARTS) is 1. The quantitative estimate of drug-likeness (QED) is 0.835. The van der Waals surface area contributed by atoms with Gasteiger partial charge in [-0.15, -0.1) is 0 Å². The highest BCUT2D eigenvalue weighted by molar-refractivity contribution is 7.98. The van der Waals surface area contributed by atoms with Crippen molar-refractivity contribution in [2.24, 2.45) is 0 Å². The number of nitrogens with zero attached hydrogens (tertiary/aromatic N) is 2. The van der Waals surface area contributed by atoms with E-state index in [-0.39, 0.29) is 5.92 Å². The molecule has 1 N–H and O–H groups in total. The first-order chi connectivity index (χ1) is 8.88. The minimum atomic E-state index is -0.877. The number of hydrogen-bond donors (Lipinski definition) is 1. The molecule has 0 aliphatic rings. The molecule has 1 unspecified atom stereocenters. The molecule has 19 heavy (non-hydrogen) atoms. The van der Waals surface area contributed by atoms with Gasteiger partial charge in [-0.05, 0) is 31.3 Å². The normalized spacial score (nSPS) is 12.7. The molecule has 6 heteroatoms. The molecule has 0 spiro atoms. The van der Waals surface area contributed by atoms with E-state index in [0.29, 0.717) is 16.6 Å². The van der Waals surface area contributed by atoms with Gasteiger partial charge in [0.25, 0.3) is 0 Å². The average Bonchev–Trinajstić information content (AvgIpc) is 2.80. The first-order valence-electron chi connectivity index (χ1n) is 6.34. The van der Waals surface area contributed by atoms with Gasteiger partial charge in [-0.1, -0.05) is 25.2 Å². The van der Waals surface area contributed by atoms with E-state index in [4.69, 9.17) is 0 Å². The number of anilines is 1. The van der Waals surface area contributed by atoms with Crippen LogP contribution in [0, 0.1) is 0 Å². The minimum Gasteiger partial charge on any atom is -0.477 e. The molecule has 0 fully saturated rings. The van der Waals surface area contributed by atoms with Gasteiger partial charge in [0.1, 0.15) is 4.88 Å². The van der Waals surface area contributed by atoms with Crippen LogP contribution in [0.2, 0.25) is 0 Å². The molecule has 1 aromatic rings. The van der Waals surface area contributed by atoms with Crippen molar-refractivity contribution in [3.63, 3.8) is 0 Å². The number of hydrogen-bond acceptors (Lipinski definition) is 5. The van der Waals surface area contributed by atoms with E-state index in [1.807, 2.05) is 32.7 Å². The largest absolute Gasteiger partial charge is 0.477 e. The van der Waals surface area contributed by atoms with Crippen LogP contribution in [0.25, 0.3) is 0 Å². The second kappa shape index (κ2) is 7.14. The number of thiazole rings is 1. The highest BCUT2D eigenvalue weighted by Gasteiger charge is 2.22. The van der Waals surface area contributed by atoms with E-state index in [1.165, 1.54) is 11.3 Å². The van der Waals surface area contributed by atoms with Crippen LogP contribution >= 0.6 is 23.1 Å². The van der Waals surface area contributed by atoms with Crippen LogP contribution < -0.4 is 4.90 Å². The lowest BCUT2D eigenvalue weighted by atomic mass is 10.1. The lowest BCUT2D eigenvalue weighted by Gasteiger charge is -2.23. The fourth-order valence-corrected chi connectivity index (χ4v) is 3.39. The summed E-state index contributed by atoms with van der Waals surface area (Å²) in [6.45, 7) is 6.10. The fraction of sp³-hybridized carbons (Fsp3) is 0.692. The Morgan fingerprint density at radius 1 is 1.47 bits per heavy atom. The van der Waals surface area contributed by atoms with Gasteiger partial charge < -0.3 is 10.0 Å². The molecule has 0 saturated heterocycles. The molecule has 1 heterocycles. The molecule has 0 aliphatic carbocycles. The van der Waals surface area contributed by atoms with Gasteiger partial charge in [-0.3, -0.25) is 0 Å². The Hall–Kier alpha value is -0.750. The predicted octanol–water partition coefficient (Wildman–Crippen LogP) is 3.54. The second-order valence-electron chi connectivity index (χ2n) is 4.91. The van der Waals surface area contributed by atoms with Gasteiger partial charge in [0.2, 0.25) is 0 Å². The summed E-state index contributed by atoms with van der Waals surface area (Å²) in [5, 5.41) is 10.0. The Balaban J connectivity index is 2.94. The van der Waals surface area contributed by atoms with Crippen LogP contribution in [-0.4, -0.2) is 41.2 Å². The van der Waals surface area contributed by atoms with Crippen molar-refractivity contribution >= 4 is 34.2 Å². The van der Waals surface area contributed by atoms with Gasteiger partial charge in [0.15, 0.2) is 5.13 Å². The van der Waals surface area contributed by atoms with E-state index in [2.05, 4.69) is 23.1 Å². The van der Waals surface area contributed by atoms with Crippen LogP contribution in [0.5, 0.6) is 0 Å². The molecule has 1 aromatic heterocycles. The second-order valence-corrected chi connectivity index (χ2v) is 6.88. The standard InChI is InChI=1S/C13H22N2O2S2/c1-8(2)10-11(12(16)17)19-13(14-10)15(4)9(3)6-7-18-5/h8-9H,6-7H2,1-5H3,(H,16,17). The van der Waals surface area contributed by atoms with Gasteiger partial charge in [0, 0.05) is 13.1 Å². The summed E-state index contributed by atoms with van der Waals surface area (Å²) >= 11 is 3.10. The maximum Gasteiger partial charge on any atom is 0.347 e. The van der Waals surface area contributed by atoms with Crippen molar-refractivity contribution in [3.05, 3.63) is 10.6 Å². The topological polar surface area (TPSA) is 53.4 Å². The number of thioether (sulfide) groups is 1. The third-order valence-corrected chi connectivity index (χ3v) is 4.88. The summed E-state index contributed by atoms with van der Waals surface area (Å²) in [4.78, 5) is 18.2. The van der Waals surface area contributed by atoms with Crippen LogP contribution in [-0.2, 0) is 0 Å². The van der Waals surface area contributed by atoms with E-state index >= 15 is 0 Å². The van der Waals surface area contributed by atoms with Crippen molar-refractivity contribution in [3.8, 4) is 0 Å². The van der Waals surface area contributed by atoms with Gasteiger partial charge in [-0.2, -0.15) is 11.8 Å². The minimum absolute atomic E-state index is 0.131. The third kappa shape index (κ3) is 4.11. The summed E-state index contributed by atoms with van der Waals surface area (Å²) in [5.41, 5.74) is 0.691. The molecule has 0 amide bonds. The van der Waals surface area contributed by atoms with Gasteiger partial charge in [0.05, 0.1) is 5.69 Å². The van der Waals surface area contributed by atoms with Crippen molar-refractivity contribution in [1.82, 2.24) is 4.98 Å². The lowest BCUT2D eigenvalue weighted by Crippen LogP contribution is -2.29. The number of carbonyl (C=O) groups is 1. The Morgan fingerprint density at radius 2 is 2.11 bits per heavy atom. The number of aromatic nitrogens is 1. The van der Waals surface area contributed by atoms with E-state index < -0.39 is 5.97 Å². The van der Waals surface area contributed by atoms with Crippen LogP contribution in [0.3, 0.4) is 0 Å². The van der Waals surface area contributed by atoms with Crippen LogP contribution in [0.1, 0.15) is 48.5 Å². The molecule has 1 rings (SSSR count). The third-order valence-electron chi connectivity index (χ3n) is 3.09. The van der Waals surface area contributed by atoms with Crippen LogP contribution in [0.4, 0.5) is 5.13 Å². The van der Waals surface area contributed by atoms with E-state index in [9.17, 15) is 9.90 Å². The summed E-state index contributed by atoms with van der Waals surface area (Å²) in [7, 11) is 1.99. The highest BCUT2D eigenvalue weighted by Crippen LogP contribution is 2.31. The van der Waals surface area contributed by atoms with Gasteiger partial charge >= 0.3 is 5.97 Å². The zero-order chi connectivity index (χ0) is 14.6. The van der Waals surface area contributed by atoms with Crippen LogP contribution in [0.15, 0.2) is 0 Å². The summed E-state index contributed by atoms with van der Waals surface area (Å²) in [6, 6.07) is 0.361. The van der Waals surface area contributed by atoms with Gasteiger partial charge in [-0.25, -0.2) is 9.78 Å². The molecular weight excluding hydrogens is 280 g/mol. The Bertz CT molecular complexity index is 432. The van der Waals surface area contributed by atoms with Crippen molar-refractivity contribution in [1.29, 1.82) is 0 Å². The highest BCUT2D eigenvalue weighted by atomic mass is 32.2. The number of rotatable bonds is 7. The first-order valence-corrected chi connectivity index (χ1v) is 8.55. The fourth-order valence-electron chi connectivity index (χ4n) is 1.69. The number of carboxylic acids is 1. The summed E-state index contributed by atoms with van der Waals surface area (Å²) in [6.07, 6.45) is 3.16. The Labute approximate surface area is 123 Å². The molecule has 0 radical (unpaired) electrons. The maximum absolute atomic E-state index is 11.3. The average molecular weight is 302 g/mol. The monoisotopic (exact) mass is 302 g/mol. The molecular formula is C13H22N2O2S2.